The van der Waals surface area contributed by atoms with Crippen molar-refractivity contribution in [3.63, 3.8) is 0 Å². The summed E-state index contributed by atoms with van der Waals surface area (Å²) in [5.74, 6) is 1.00. The molecule has 0 radical (unpaired) electrons. The molecule has 1 heterocycles. The smallest absolute Gasteiger partial charge is 0.255 e. The van der Waals surface area contributed by atoms with E-state index in [9.17, 15) is 4.79 Å². The lowest BCUT2D eigenvalue weighted by molar-refractivity contribution is 0.102. The third kappa shape index (κ3) is 5.52. The Bertz CT molecular complexity index is 1230. The van der Waals surface area contributed by atoms with E-state index in [1.54, 1.807) is 30.1 Å². The van der Waals surface area contributed by atoms with Crippen LogP contribution in [0, 0.1) is 0 Å². The molecule has 0 spiro atoms. The normalized spacial score (nSPS) is 10.6. The SMILES string of the molecule is COc1cc(C(=O)Nc2ccc(Sc3nccn3C)cc2)cc(OC)c1OCc1ccccc1. The van der Waals surface area contributed by atoms with Gasteiger partial charge in [0, 0.05) is 35.6 Å². The molecule has 3 aromatic carbocycles. The van der Waals surface area contributed by atoms with Crippen LogP contribution in [0.5, 0.6) is 17.2 Å². The molecule has 4 rings (SSSR count). The van der Waals surface area contributed by atoms with Crippen LogP contribution in [0.2, 0.25) is 0 Å². The van der Waals surface area contributed by atoms with Gasteiger partial charge < -0.3 is 24.1 Å². The number of anilines is 1. The van der Waals surface area contributed by atoms with Crippen molar-refractivity contribution in [3.05, 3.63) is 90.3 Å². The van der Waals surface area contributed by atoms with Gasteiger partial charge in [0.15, 0.2) is 16.7 Å². The number of amides is 1. The van der Waals surface area contributed by atoms with E-state index < -0.39 is 0 Å². The van der Waals surface area contributed by atoms with Gasteiger partial charge in [-0.1, -0.05) is 42.1 Å². The second-order valence-corrected chi connectivity index (χ2v) is 8.43. The van der Waals surface area contributed by atoms with Gasteiger partial charge >= 0.3 is 0 Å². The number of aryl methyl sites for hydroxylation is 1. The molecular weight excluding hydrogens is 450 g/mol. The summed E-state index contributed by atoms with van der Waals surface area (Å²) >= 11 is 1.55. The van der Waals surface area contributed by atoms with Crippen LogP contribution in [0.25, 0.3) is 0 Å². The quantitative estimate of drug-likeness (QED) is 0.348. The van der Waals surface area contributed by atoms with Crippen LogP contribution >= 0.6 is 11.8 Å². The van der Waals surface area contributed by atoms with Crippen LogP contribution in [0.15, 0.2) is 89.2 Å². The highest BCUT2D eigenvalue weighted by Crippen LogP contribution is 2.39. The number of nitrogens with zero attached hydrogens (tertiary/aromatic N) is 2. The Morgan fingerprint density at radius 1 is 1.00 bits per heavy atom. The topological polar surface area (TPSA) is 74.6 Å². The standard InChI is InChI=1S/C26H25N3O4S/c1-29-14-13-27-26(29)34-21-11-9-20(10-12-21)28-25(30)19-15-22(31-2)24(23(16-19)32-3)33-17-18-7-5-4-6-8-18/h4-16H,17H2,1-3H3,(H,28,30). The van der Waals surface area contributed by atoms with Crippen molar-refractivity contribution in [1.82, 2.24) is 9.55 Å². The van der Waals surface area contributed by atoms with Crippen molar-refractivity contribution in [3.8, 4) is 17.2 Å². The van der Waals surface area contributed by atoms with Crippen molar-refractivity contribution in [2.24, 2.45) is 7.05 Å². The summed E-state index contributed by atoms with van der Waals surface area (Å²) in [7, 11) is 5.01. The summed E-state index contributed by atoms with van der Waals surface area (Å²) in [6, 6.07) is 20.7. The molecule has 174 valence electrons. The molecule has 0 bridgehead atoms. The first-order chi connectivity index (χ1) is 16.6. The summed E-state index contributed by atoms with van der Waals surface area (Å²) < 4.78 is 18.9. The molecule has 0 aliphatic heterocycles. The van der Waals surface area contributed by atoms with Gasteiger partial charge in [0.05, 0.1) is 14.2 Å². The summed E-state index contributed by atoms with van der Waals surface area (Å²) in [5, 5.41) is 3.81. The average Bonchev–Trinajstić information content (AvgIpc) is 3.28. The minimum absolute atomic E-state index is 0.282. The number of aromatic nitrogens is 2. The molecule has 1 N–H and O–H groups in total. The maximum absolute atomic E-state index is 12.9. The van der Waals surface area contributed by atoms with Gasteiger partial charge in [-0.2, -0.15) is 0 Å². The lowest BCUT2D eigenvalue weighted by Gasteiger charge is -2.16. The van der Waals surface area contributed by atoms with Gasteiger partial charge in [0.2, 0.25) is 5.75 Å². The lowest BCUT2D eigenvalue weighted by atomic mass is 10.1. The third-order valence-electron chi connectivity index (χ3n) is 5.05. The van der Waals surface area contributed by atoms with Crippen LogP contribution < -0.4 is 19.5 Å². The number of carbonyl (C=O) groups is 1. The molecule has 0 aliphatic carbocycles. The van der Waals surface area contributed by atoms with E-state index in [0.29, 0.717) is 35.1 Å². The van der Waals surface area contributed by atoms with Crippen LogP contribution in [0.4, 0.5) is 5.69 Å². The molecule has 34 heavy (non-hydrogen) atoms. The predicted molar refractivity (Wildman–Crippen MR) is 132 cm³/mol. The Morgan fingerprint density at radius 2 is 1.68 bits per heavy atom. The Kier molecular flexibility index (Phi) is 7.39. The summed E-state index contributed by atoms with van der Waals surface area (Å²) in [5.41, 5.74) is 2.08. The molecule has 0 saturated carbocycles. The minimum atomic E-state index is -0.282. The highest BCUT2D eigenvalue weighted by atomic mass is 32.2. The van der Waals surface area contributed by atoms with Gasteiger partial charge in [-0.3, -0.25) is 4.79 Å². The Balaban J connectivity index is 1.47. The lowest BCUT2D eigenvalue weighted by Crippen LogP contribution is -2.12. The fourth-order valence-electron chi connectivity index (χ4n) is 3.25. The second-order valence-electron chi connectivity index (χ2n) is 7.39. The van der Waals surface area contributed by atoms with Crippen LogP contribution in [0.1, 0.15) is 15.9 Å². The Hall–Kier alpha value is -3.91. The van der Waals surface area contributed by atoms with E-state index in [1.807, 2.05) is 72.4 Å². The van der Waals surface area contributed by atoms with E-state index >= 15 is 0 Å². The maximum atomic E-state index is 12.9. The number of rotatable bonds is 9. The van der Waals surface area contributed by atoms with E-state index in [0.717, 1.165) is 15.6 Å². The van der Waals surface area contributed by atoms with Gasteiger partial charge in [0.1, 0.15) is 6.61 Å². The maximum Gasteiger partial charge on any atom is 0.255 e. The summed E-state index contributed by atoms with van der Waals surface area (Å²) in [4.78, 5) is 18.3. The first-order valence-electron chi connectivity index (χ1n) is 10.6. The van der Waals surface area contributed by atoms with Gasteiger partial charge in [-0.15, -0.1) is 0 Å². The highest BCUT2D eigenvalue weighted by molar-refractivity contribution is 7.99. The largest absolute Gasteiger partial charge is 0.493 e. The van der Waals surface area contributed by atoms with Crippen molar-refractivity contribution in [2.75, 3.05) is 19.5 Å². The summed E-state index contributed by atoms with van der Waals surface area (Å²) in [6.45, 7) is 0.349. The van der Waals surface area contributed by atoms with Crippen molar-refractivity contribution < 1.29 is 19.0 Å². The zero-order valence-electron chi connectivity index (χ0n) is 19.1. The molecule has 4 aromatic rings. The molecule has 1 aromatic heterocycles. The molecule has 0 atom stereocenters. The number of methoxy groups -OCH3 is 2. The third-order valence-corrected chi connectivity index (χ3v) is 6.13. The molecule has 1 amide bonds. The number of nitrogens with one attached hydrogen (secondary N) is 1. The second kappa shape index (κ2) is 10.8. The van der Waals surface area contributed by atoms with Gasteiger partial charge in [-0.05, 0) is 42.0 Å². The molecule has 0 saturated heterocycles. The minimum Gasteiger partial charge on any atom is -0.493 e. The van der Waals surface area contributed by atoms with E-state index in [-0.39, 0.29) is 5.91 Å². The molecule has 0 unspecified atom stereocenters. The van der Waals surface area contributed by atoms with E-state index in [1.165, 1.54) is 14.2 Å². The molecule has 7 nitrogen and oxygen atoms in total. The predicted octanol–water partition coefficient (Wildman–Crippen LogP) is 5.42. The Labute approximate surface area is 202 Å². The Morgan fingerprint density at radius 3 is 2.26 bits per heavy atom. The average molecular weight is 476 g/mol. The molecule has 8 heteroatoms. The zero-order chi connectivity index (χ0) is 23.9. The fraction of sp³-hybridized carbons (Fsp3) is 0.154. The summed E-state index contributed by atoms with van der Waals surface area (Å²) in [6.07, 6.45) is 3.66. The van der Waals surface area contributed by atoms with E-state index in [2.05, 4.69) is 10.3 Å². The monoisotopic (exact) mass is 475 g/mol. The first kappa shape index (κ1) is 23.3. The first-order valence-corrected chi connectivity index (χ1v) is 11.4. The van der Waals surface area contributed by atoms with Crippen LogP contribution in [-0.2, 0) is 13.7 Å². The molecular formula is C26H25N3O4S. The number of hydrogen-bond acceptors (Lipinski definition) is 6. The van der Waals surface area contributed by atoms with E-state index in [4.69, 9.17) is 14.2 Å². The number of imidazole rings is 1. The van der Waals surface area contributed by atoms with Crippen LogP contribution in [-0.4, -0.2) is 29.7 Å². The van der Waals surface area contributed by atoms with Crippen LogP contribution in [0.3, 0.4) is 0 Å². The van der Waals surface area contributed by atoms with Crippen molar-refractivity contribution >= 4 is 23.4 Å². The van der Waals surface area contributed by atoms with Gasteiger partial charge in [-0.25, -0.2) is 4.98 Å². The number of benzene rings is 3. The highest BCUT2D eigenvalue weighted by Gasteiger charge is 2.18. The fourth-order valence-corrected chi connectivity index (χ4v) is 4.05. The van der Waals surface area contributed by atoms with Crippen molar-refractivity contribution in [1.29, 1.82) is 0 Å². The number of carbonyl (C=O) groups excluding carboxylic acids is 1. The number of hydrogen-bond donors (Lipinski definition) is 1. The number of ether oxygens (including phenoxy) is 3. The molecule has 0 aliphatic rings. The van der Waals surface area contributed by atoms with Gasteiger partial charge in [0.25, 0.3) is 5.91 Å². The molecule has 0 fully saturated rings. The van der Waals surface area contributed by atoms with Crippen molar-refractivity contribution in [2.45, 2.75) is 16.7 Å². The zero-order valence-corrected chi connectivity index (χ0v) is 20.0.